The van der Waals surface area contributed by atoms with Crippen molar-refractivity contribution >= 4 is 5.84 Å². The zero-order chi connectivity index (χ0) is 14.5. The highest BCUT2D eigenvalue weighted by Crippen LogP contribution is 2.23. The molecule has 110 valence electrons. The molecule has 0 amide bonds. The third kappa shape index (κ3) is 4.04. The molecule has 1 aromatic carbocycles. The van der Waals surface area contributed by atoms with Gasteiger partial charge in [0.05, 0.1) is 0 Å². The van der Waals surface area contributed by atoms with Crippen LogP contribution in [-0.4, -0.2) is 23.8 Å². The van der Waals surface area contributed by atoms with Crippen LogP contribution in [0.25, 0.3) is 0 Å². The van der Waals surface area contributed by atoms with Crippen LogP contribution in [0.2, 0.25) is 0 Å². The Morgan fingerprint density at radius 2 is 2.05 bits per heavy atom. The third-order valence-corrected chi connectivity index (χ3v) is 4.08. The molecule has 0 spiro atoms. The summed E-state index contributed by atoms with van der Waals surface area (Å²) in [5.41, 5.74) is 6.82. The Balaban J connectivity index is 1.96. The van der Waals surface area contributed by atoms with Crippen molar-refractivity contribution in [1.82, 2.24) is 4.90 Å². The first-order valence-electron chi connectivity index (χ1n) is 7.44. The molecule has 1 aliphatic heterocycles. The van der Waals surface area contributed by atoms with Gasteiger partial charge in [0.15, 0.2) is 0 Å². The van der Waals surface area contributed by atoms with E-state index in [1.807, 2.05) is 6.07 Å². The van der Waals surface area contributed by atoms with E-state index in [1.54, 1.807) is 6.07 Å². The largest absolute Gasteiger partial charge is 0.384 e. The highest BCUT2D eigenvalue weighted by molar-refractivity contribution is 5.95. The Kier molecular flexibility index (Phi) is 5.12. The van der Waals surface area contributed by atoms with Crippen LogP contribution in [0.5, 0.6) is 0 Å². The van der Waals surface area contributed by atoms with Gasteiger partial charge in [0.1, 0.15) is 11.7 Å². The minimum absolute atomic E-state index is 0.0765. The second-order valence-electron chi connectivity index (χ2n) is 5.77. The van der Waals surface area contributed by atoms with Gasteiger partial charge in [-0.05, 0) is 55.6 Å². The first-order chi connectivity index (χ1) is 9.58. The van der Waals surface area contributed by atoms with Crippen molar-refractivity contribution in [2.75, 3.05) is 13.1 Å². The van der Waals surface area contributed by atoms with Gasteiger partial charge >= 0.3 is 0 Å². The average molecular weight is 277 g/mol. The topological polar surface area (TPSA) is 53.1 Å². The van der Waals surface area contributed by atoms with Crippen LogP contribution in [-0.2, 0) is 6.54 Å². The highest BCUT2D eigenvalue weighted by atomic mass is 19.1. The number of rotatable bonds is 5. The standard InChI is InChI=1S/C16H24FN3/c1-2-3-12-4-6-20(7-5-12)11-13-8-14(16(18)19)10-15(17)9-13/h8-10,12H,2-7,11H2,1H3,(H3,18,19). The molecule has 1 fully saturated rings. The summed E-state index contributed by atoms with van der Waals surface area (Å²) in [7, 11) is 0. The van der Waals surface area contributed by atoms with Crippen LogP contribution in [0.1, 0.15) is 43.7 Å². The molecule has 0 bridgehead atoms. The Bertz CT molecular complexity index is 465. The van der Waals surface area contributed by atoms with Crippen molar-refractivity contribution in [2.24, 2.45) is 11.7 Å². The molecule has 2 rings (SSSR count). The number of likely N-dealkylation sites (tertiary alicyclic amines) is 1. The summed E-state index contributed by atoms with van der Waals surface area (Å²) in [4.78, 5) is 2.37. The molecule has 0 radical (unpaired) electrons. The summed E-state index contributed by atoms with van der Waals surface area (Å²) in [5.74, 6) is 0.470. The number of nitrogens with two attached hydrogens (primary N) is 1. The SMILES string of the molecule is CCCC1CCN(Cc2cc(F)cc(C(=N)N)c2)CC1. The quantitative estimate of drug-likeness (QED) is 0.642. The predicted octanol–water partition coefficient (Wildman–Crippen LogP) is 3.12. The van der Waals surface area contributed by atoms with E-state index in [2.05, 4.69) is 11.8 Å². The van der Waals surface area contributed by atoms with E-state index in [4.69, 9.17) is 11.1 Å². The smallest absolute Gasteiger partial charge is 0.124 e. The molecule has 0 atom stereocenters. The van der Waals surface area contributed by atoms with Crippen molar-refractivity contribution in [2.45, 2.75) is 39.2 Å². The second kappa shape index (κ2) is 6.84. The zero-order valence-corrected chi connectivity index (χ0v) is 12.2. The minimum Gasteiger partial charge on any atom is -0.384 e. The third-order valence-electron chi connectivity index (χ3n) is 4.08. The van der Waals surface area contributed by atoms with Gasteiger partial charge in [-0.1, -0.05) is 19.8 Å². The van der Waals surface area contributed by atoms with Crippen LogP contribution in [0.4, 0.5) is 4.39 Å². The molecule has 0 saturated carbocycles. The fraction of sp³-hybridized carbons (Fsp3) is 0.562. The number of nitrogens with zero attached hydrogens (tertiary/aromatic N) is 1. The van der Waals surface area contributed by atoms with E-state index in [1.165, 1.54) is 31.7 Å². The fourth-order valence-corrected chi connectivity index (χ4v) is 3.00. The summed E-state index contributed by atoms with van der Waals surface area (Å²) in [5, 5.41) is 7.42. The fourth-order valence-electron chi connectivity index (χ4n) is 3.00. The van der Waals surface area contributed by atoms with Crippen LogP contribution in [0, 0.1) is 17.1 Å². The summed E-state index contributed by atoms with van der Waals surface area (Å²) >= 11 is 0. The zero-order valence-electron chi connectivity index (χ0n) is 12.2. The van der Waals surface area contributed by atoms with Crippen LogP contribution in [0.15, 0.2) is 18.2 Å². The molecule has 0 aliphatic carbocycles. The van der Waals surface area contributed by atoms with Crippen molar-refractivity contribution in [3.8, 4) is 0 Å². The molecule has 1 heterocycles. The van der Waals surface area contributed by atoms with E-state index in [9.17, 15) is 4.39 Å². The normalized spacial score (nSPS) is 17.3. The van der Waals surface area contributed by atoms with E-state index in [0.29, 0.717) is 5.56 Å². The van der Waals surface area contributed by atoms with Gasteiger partial charge in [-0.25, -0.2) is 4.39 Å². The summed E-state index contributed by atoms with van der Waals surface area (Å²) in [6.07, 6.45) is 5.06. The number of benzene rings is 1. The molecular formula is C16H24FN3. The van der Waals surface area contributed by atoms with Gasteiger partial charge in [-0.15, -0.1) is 0 Å². The number of hydrogen-bond donors (Lipinski definition) is 2. The Morgan fingerprint density at radius 3 is 2.65 bits per heavy atom. The van der Waals surface area contributed by atoms with Crippen molar-refractivity contribution in [1.29, 1.82) is 5.41 Å². The van der Waals surface area contributed by atoms with Crippen LogP contribution in [0.3, 0.4) is 0 Å². The average Bonchev–Trinajstić information content (AvgIpc) is 2.40. The van der Waals surface area contributed by atoms with Gasteiger partial charge in [-0.3, -0.25) is 10.3 Å². The second-order valence-corrected chi connectivity index (χ2v) is 5.77. The van der Waals surface area contributed by atoms with Gasteiger partial charge in [-0.2, -0.15) is 0 Å². The van der Waals surface area contributed by atoms with Crippen molar-refractivity contribution in [3.63, 3.8) is 0 Å². The number of amidine groups is 1. The Labute approximate surface area is 120 Å². The highest BCUT2D eigenvalue weighted by Gasteiger charge is 2.18. The van der Waals surface area contributed by atoms with E-state index >= 15 is 0 Å². The van der Waals surface area contributed by atoms with Crippen LogP contribution < -0.4 is 5.73 Å². The van der Waals surface area contributed by atoms with Gasteiger partial charge < -0.3 is 5.73 Å². The lowest BCUT2D eigenvalue weighted by molar-refractivity contribution is 0.171. The van der Waals surface area contributed by atoms with E-state index < -0.39 is 0 Å². The lowest BCUT2D eigenvalue weighted by Crippen LogP contribution is -2.33. The monoisotopic (exact) mass is 277 g/mol. The minimum atomic E-state index is -0.312. The summed E-state index contributed by atoms with van der Waals surface area (Å²) in [6, 6.07) is 4.69. The lowest BCUT2D eigenvalue weighted by atomic mass is 9.92. The number of hydrogen-bond acceptors (Lipinski definition) is 2. The van der Waals surface area contributed by atoms with Crippen molar-refractivity contribution in [3.05, 3.63) is 35.1 Å². The molecule has 0 aromatic heterocycles. The number of nitrogens with one attached hydrogen (secondary N) is 1. The van der Waals surface area contributed by atoms with Gasteiger partial charge in [0.25, 0.3) is 0 Å². The molecule has 0 unspecified atom stereocenters. The van der Waals surface area contributed by atoms with Gasteiger partial charge in [0, 0.05) is 12.1 Å². The Hall–Kier alpha value is -1.42. The molecule has 20 heavy (non-hydrogen) atoms. The molecule has 4 heteroatoms. The van der Waals surface area contributed by atoms with Crippen molar-refractivity contribution < 1.29 is 4.39 Å². The summed E-state index contributed by atoms with van der Waals surface area (Å²) < 4.78 is 13.5. The van der Waals surface area contributed by atoms with E-state index in [0.717, 1.165) is 31.1 Å². The lowest BCUT2D eigenvalue weighted by Gasteiger charge is -2.32. The summed E-state index contributed by atoms with van der Waals surface area (Å²) in [6.45, 7) is 5.15. The number of piperidine rings is 1. The molecule has 1 aliphatic rings. The predicted molar refractivity (Wildman–Crippen MR) is 80.3 cm³/mol. The van der Waals surface area contributed by atoms with Gasteiger partial charge in [0.2, 0.25) is 0 Å². The maximum atomic E-state index is 13.5. The molecule has 1 aromatic rings. The Morgan fingerprint density at radius 1 is 1.35 bits per heavy atom. The molecule has 3 nitrogen and oxygen atoms in total. The molecule has 1 saturated heterocycles. The maximum Gasteiger partial charge on any atom is 0.124 e. The first-order valence-corrected chi connectivity index (χ1v) is 7.44. The molecule has 3 N–H and O–H groups in total. The maximum absolute atomic E-state index is 13.5. The van der Waals surface area contributed by atoms with E-state index in [-0.39, 0.29) is 11.7 Å². The first kappa shape index (κ1) is 15.0. The molecular weight excluding hydrogens is 253 g/mol. The number of halogens is 1. The number of nitrogen functional groups attached to an aromatic ring is 1. The van der Waals surface area contributed by atoms with Crippen LogP contribution >= 0.6 is 0 Å².